The van der Waals surface area contributed by atoms with Gasteiger partial charge in [0, 0.05) is 31.1 Å². The van der Waals surface area contributed by atoms with Gasteiger partial charge in [-0.15, -0.1) is 0 Å². The van der Waals surface area contributed by atoms with Gasteiger partial charge < -0.3 is 14.7 Å². The first-order valence-electron chi connectivity index (χ1n) is 11.0. The molecule has 0 unspecified atom stereocenters. The summed E-state index contributed by atoms with van der Waals surface area (Å²) in [6.07, 6.45) is 4.17. The van der Waals surface area contributed by atoms with Crippen LogP contribution < -0.4 is 4.74 Å². The average molecular weight is 438 g/mol. The Morgan fingerprint density at radius 1 is 0.970 bits per heavy atom. The Hall–Kier alpha value is -4.05. The van der Waals surface area contributed by atoms with Crippen LogP contribution >= 0.6 is 0 Å². The summed E-state index contributed by atoms with van der Waals surface area (Å²) >= 11 is 0. The van der Waals surface area contributed by atoms with Crippen LogP contribution in [0.25, 0.3) is 28.0 Å². The first-order chi connectivity index (χ1) is 16.0. The monoisotopic (exact) mass is 437 g/mol. The molecule has 0 fully saturated rings. The maximum Gasteiger partial charge on any atom is 0.246 e. The quantitative estimate of drug-likeness (QED) is 0.343. The van der Waals surface area contributed by atoms with Crippen LogP contribution in [-0.2, 0) is 11.2 Å². The third-order valence-corrected chi connectivity index (χ3v) is 5.56. The number of phenolic OH excluding ortho intramolecular Hbond substituents is 1. The van der Waals surface area contributed by atoms with E-state index in [1.54, 1.807) is 38.4 Å². The number of aryl methyl sites for hydroxylation is 1. The number of benzene rings is 4. The van der Waals surface area contributed by atoms with Crippen molar-refractivity contribution in [1.29, 1.82) is 0 Å². The smallest absolute Gasteiger partial charge is 0.246 e. The molecule has 0 heterocycles. The predicted molar refractivity (Wildman–Crippen MR) is 135 cm³/mol. The van der Waals surface area contributed by atoms with Crippen LogP contribution in [-0.4, -0.2) is 30.0 Å². The number of hydrogen-bond donors (Lipinski definition) is 1. The maximum absolute atomic E-state index is 11.8. The Morgan fingerprint density at radius 3 is 2.36 bits per heavy atom. The number of rotatable bonds is 6. The van der Waals surface area contributed by atoms with E-state index in [1.165, 1.54) is 4.90 Å². The zero-order chi connectivity index (χ0) is 23.4. The standard InChI is InChI=1S/C29H27NO3/c1-4-21-18-23-19-24(31)13-16-26(23)29(28(21)22-8-6-5-7-9-22)33-25-14-10-20(11-15-25)12-17-27(32)30(2)3/h5-19,31H,4H2,1-3H3. The fraction of sp³-hybridized carbons (Fsp3) is 0.138. The van der Waals surface area contributed by atoms with Crippen molar-refractivity contribution in [2.45, 2.75) is 13.3 Å². The van der Waals surface area contributed by atoms with Gasteiger partial charge in [0.25, 0.3) is 0 Å². The van der Waals surface area contributed by atoms with E-state index >= 15 is 0 Å². The highest BCUT2D eigenvalue weighted by Gasteiger charge is 2.17. The van der Waals surface area contributed by atoms with Gasteiger partial charge in [0.05, 0.1) is 0 Å². The molecule has 0 aliphatic carbocycles. The van der Waals surface area contributed by atoms with Crippen LogP contribution in [0.1, 0.15) is 18.1 Å². The van der Waals surface area contributed by atoms with Gasteiger partial charge in [-0.25, -0.2) is 0 Å². The first kappa shape index (κ1) is 22.2. The number of carbonyl (C=O) groups excluding carboxylic acids is 1. The number of aromatic hydroxyl groups is 1. The molecule has 33 heavy (non-hydrogen) atoms. The number of hydrogen-bond acceptors (Lipinski definition) is 3. The number of fused-ring (bicyclic) bond motifs is 1. The van der Waals surface area contributed by atoms with Crippen molar-refractivity contribution in [2.24, 2.45) is 0 Å². The lowest BCUT2D eigenvalue weighted by molar-refractivity contribution is -0.123. The van der Waals surface area contributed by atoms with Gasteiger partial charge >= 0.3 is 0 Å². The van der Waals surface area contributed by atoms with Crippen molar-refractivity contribution in [2.75, 3.05) is 14.1 Å². The van der Waals surface area contributed by atoms with Crippen molar-refractivity contribution >= 4 is 22.8 Å². The highest BCUT2D eigenvalue weighted by atomic mass is 16.5. The second kappa shape index (κ2) is 9.61. The van der Waals surface area contributed by atoms with Gasteiger partial charge in [-0.1, -0.05) is 55.5 Å². The minimum absolute atomic E-state index is 0.0612. The number of ether oxygens (including phenoxy) is 1. The second-order valence-electron chi connectivity index (χ2n) is 8.10. The normalized spacial score (nSPS) is 11.1. The van der Waals surface area contributed by atoms with Gasteiger partial charge in [0.2, 0.25) is 5.91 Å². The van der Waals surface area contributed by atoms with Crippen molar-refractivity contribution < 1.29 is 14.6 Å². The maximum atomic E-state index is 11.8. The molecule has 0 atom stereocenters. The number of amides is 1. The highest BCUT2D eigenvalue weighted by molar-refractivity contribution is 5.98. The van der Waals surface area contributed by atoms with E-state index in [9.17, 15) is 9.90 Å². The molecule has 0 saturated heterocycles. The lowest BCUT2D eigenvalue weighted by atomic mass is 9.92. The summed E-state index contributed by atoms with van der Waals surface area (Å²) < 4.78 is 6.50. The second-order valence-corrected chi connectivity index (χ2v) is 8.10. The molecule has 0 spiro atoms. The fourth-order valence-corrected chi connectivity index (χ4v) is 3.80. The van der Waals surface area contributed by atoms with Crippen molar-refractivity contribution in [3.05, 3.63) is 96.1 Å². The molecule has 1 N–H and O–H groups in total. The Kier molecular flexibility index (Phi) is 6.45. The molecule has 0 bridgehead atoms. The molecule has 4 rings (SSSR count). The Bertz CT molecular complexity index is 1310. The lowest BCUT2D eigenvalue weighted by Gasteiger charge is -2.18. The van der Waals surface area contributed by atoms with E-state index in [0.29, 0.717) is 5.75 Å². The molecule has 0 saturated carbocycles. The summed E-state index contributed by atoms with van der Waals surface area (Å²) in [5.74, 6) is 1.63. The van der Waals surface area contributed by atoms with E-state index in [2.05, 4.69) is 25.1 Å². The number of nitrogens with zero attached hydrogens (tertiary/aromatic N) is 1. The molecule has 166 valence electrons. The zero-order valence-electron chi connectivity index (χ0n) is 19.1. The van der Waals surface area contributed by atoms with Gasteiger partial charge in [0.15, 0.2) is 0 Å². The summed E-state index contributed by atoms with van der Waals surface area (Å²) in [7, 11) is 3.45. The minimum Gasteiger partial charge on any atom is -0.508 e. The van der Waals surface area contributed by atoms with Gasteiger partial charge in [-0.3, -0.25) is 4.79 Å². The molecule has 4 nitrogen and oxygen atoms in total. The lowest BCUT2D eigenvalue weighted by Crippen LogP contribution is -2.18. The molecular formula is C29H27NO3. The van der Waals surface area contributed by atoms with Crippen LogP contribution in [0.3, 0.4) is 0 Å². The summed E-state index contributed by atoms with van der Waals surface area (Å²) in [5.41, 5.74) is 4.20. The van der Waals surface area contributed by atoms with Crippen molar-refractivity contribution in [3.63, 3.8) is 0 Å². The third kappa shape index (κ3) is 4.90. The van der Waals surface area contributed by atoms with Crippen LogP contribution in [0.4, 0.5) is 0 Å². The molecule has 0 aromatic heterocycles. The Labute approximate surface area is 194 Å². The zero-order valence-corrected chi connectivity index (χ0v) is 19.1. The molecule has 0 aliphatic heterocycles. The summed E-state index contributed by atoms with van der Waals surface area (Å²) in [6, 6.07) is 25.4. The molecule has 1 amide bonds. The number of likely N-dealkylation sites (N-methyl/N-ethyl adjacent to an activating group) is 1. The summed E-state index contributed by atoms with van der Waals surface area (Å²) in [5, 5.41) is 11.9. The largest absolute Gasteiger partial charge is 0.508 e. The first-order valence-corrected chi connectivity index (χ1v) is 11.0. The molecule has 4 aromatic carbocycles. The molecule has 4 heteroatoms. The molecule has 0 radical (unpaired) electrons. The van der Waals surface area contributed by atoms with Crippen molar-refractivity contribution in [3.8, 4) is 28.4 Å². The van der Waals surface area contributed by atoms with E-state index in [-0.39, 0.29) is 11.7 Å². The number of carbonyl (C=O) groups is 1. The highest BCUT2D eigenvalue weighted by Crippen LogP contribution is 2.43. The minimum atomic E-state index is -0.0612. The Balaban J connectivity index is 1.79. The van der Waals surface area contributed by atoms with Crippen LogP contribution in [0, 0.1) is 0 Å². The third-order valence-electron chi connectivity index (χ3n) is 5.56. The van der Waals surface area contributed by atoms with E-state index in [4.69, 9.17) is 4.74 Å². The predicted octanol–water partition coefficient (Wildman–Crippen LogP) is 6.67. The van der Waals surface area contributed by atoms with Gasteiger partial charge in [-0.2, -0.15) is 0 Å². The van der Waals surface area contributed by atoms with Gasteiger partial charge in [0.1, 0.15) is 17.2 Å². The van der Waals surface area contributed by atoms with Crippen LogP contribution in [0.2, 0.25) is 0 Å². The van der Waals surface area contributed by atoms with Crippen LogP contribution in [0.15, 0.2) is 84.9 Å². The van der Waals surface area contributed by atoms with E-state index in [0.717, 1.165) is 45.2 Å². The fourth-order valence-electron chi connectivity index (χ4n) is 3.80. The average Bonchev–Trinajstić information content (AvgIpc) is 2.83. The number of phenols is 1. The topological polar surface area (TPSA) is 49.8 Å². The van der Waals surface area contributed by atoms with E-state index in [1.807, 2.05) is 48.5 Å². The van der Waals surface area contributed by atoms with Crippen molar-refractivity contribution in [1.82, 2.24) is 4.90 Å². The van der Waals surface area contributed by atoms with E-state index < -0.39 is 0 Å². The molecule has 4 aromatic rings. The molecular weight excluding hydrogens is 410 g/mol. The summed E-state index contributed by atoms with van der Waals surface area (Å²) in [4.78, 5) is 13.3. The van der Waals surface area contributed by atoms with Gasteiger partial charge in [-0.05, 0) is 64.9 Å². The molecule has 0 aliphatic rings. The SMILES string of the molecule is CCc1cc2cc(O)ccc2c(Oc2ccc(C=CC(=O)N(C)C)cc2)c1-c1ccccc1. The summed E-state index contributed by atoms with van der Waals surface area (Å²) in [6.45, 7) is 2.12. The van der Waals surface area contributed by atoms with Crippen LogP contribution in [0.5, 0.6) is 17.2 Å². The Morgan fingerprint density at radius 2 is 1.70 bits per heavy atom.